The van der Waals surface area contributed by atoms with E-state index in [4.69, 9.17) is 0 Å². The molecule has 0 N–H and O–H groups in total. The van der Waals surface area contributed by atoms with Crippen molar-refractivity contribution < 1.29 is 9.59 Å². The van der Waals surface area contributed by atoms with Crippen LogP contribution in [-0.2, 0) is 0 Å². The Hall–Kier alpha value is -8.56. The van der Waals surface area contributed by atoms with Crippen molar-refractivity contribution in [3.8, 4) is 63.3 Å². The number of amides is 2. The van der Waals surface area contributed by atoms with Gasteiger partial charge in [-0.15, -0.1) is 0 Å². The van der Waals surface area contributed by atoms with Crippen molar-refractivity contribution in [1.29, 1.82) is 21.0 Å². The van der Waals surface area contributed by atoms with Crippen LogP contribution in [0.3, 0.4) is 0 Å². The minimum atomic E-state index is -0.466. The summed E-state index contributed by atoms with van der Waals surface area (Å²) in [4.78, 5) is 30.4. The second kappa shape index (κ2) is 13.1. The molecule has 0 radical (unpaired) electrons. The van der Waals surface area contributed by atoms with E-state index >= 15 is 0 Å². The summed E-state index contributed by atoms with van der Waals surface area (Å²) in [7, 11) is 0. The number of para-hydroxylation sites is 1. The molecule has 1 aliphatic heterocycles. The largest absolute Gasteiger partial charge is 0.308 e. The van der Waals surface area contributed by atoms with Gasteiger partial charge in [-0.05, 0) is 94.5 Å². The van der Waals surface area contributed by atoms with Gasteiger partial charge in [-0.25, -0.2) is 4.90 Å². The molecule has 8 nitrogen and oxygen atoms in total. The summed E-state index contributed by atoms with van der Waals surface area (Å²) in [5, 5.41) is 40.6. The molecule has 7 aromatic carbocycles. The highest BCUT2D eigenvalue weighted by Crippen LogP contribution is 2.42. The van der Waals surface area contributed by atoms with Crippen LogP contribution < -0.4 is 4.90 Å². The fourth-order valence-electron chi connectivity index (χ4n) is 7.69. The van der Waals surface area contributed by atoms with Crippen molar-refractivity contribution in [1.82, 2.24) is 4.57 Å². The average molecular weight is 717 g/mol. The molecule has 0 unspecified atom stereocenters. The molecule has 8 heteroatoms. The van der Waals surface area contributed by atoms with E-state index in [0.29, 0.717) is 44.8 Å². The van der Waals surface area contributed by atoms with E-state index in [2.05, 4.69) is 24.3 Å². The van der Waals surface area contributed by atoms with Crippen molar-refractivity contribution in [2.75, 3.05) is 4.90 Å². The Balaban J connectivity index is 1.31. The molecule has 8 aromatic rings. The number of hydrogen-bond donors (Lipinski definition) is 0. The number of imide groups is 1. The number of rotatable bonds is 5. The van der Waals surface area contributed by atoms with Crippen LogP contribution in [0, 0.1) is 45.3 Å². The summed E-state index contributed by atoms with van der Waals surface area (Å²) in [5.41, 5.74) is 8.72. The van der Waals surface area contributed by atoms with Crippen LogP contribution in [0.25, 0.3) is 60.9 Å². The number of nitrogens with zero attached hydrogens (tertiary/aromatic N) is 6. The maximum Gasteiger partial charge on any atom is 0.268 e. The average Bonchev–Trinajstić information content (AvgIpc) is 3.72. The maximum atomic E-state index is 14.8. The van der Waals surface area contributed by atoms with Gasteiger partial charge in [0.05, 0.1) is 80.1 Å². The summed E-state index contributed by atoms with van der Waals surface area (Å²) in [6, 6.07) is 52.5. The lowest BCUT2D eigenvalue weighted by molar-refractivity contribution is 0.0926. The van der Waals surface area contributed by atoms with Crippen molar-refractivity contribution in [2.45, 2.75) is 0 Å². The molecule has 0 aliphatic carbocycles. The normalized spacial score (nSPS) is 11.9. The lowest BCUT2D eigenvalue weighted by atomic mass is 9.98. The molecule has 0 fully saturated rings. The lowest BCUT2D eigenvalue weighted by Gasteiger charge is -2.19. The summed E-state index contributed by atoms with van der Waals surface area (Å²) >= 11 is 0. The smallest absolute Gasteiger partial charge is 0.268 e. The molecule has 0 saturated heterocycles. The second-order valence-electron chi connectivity index (χ2n) is 13.4. The molecule has 1 aromatic heterocycles. The number of hydrogen-bond acceptors (Lipinski definition) is 6. The highest BCUT2D eigenvalue weighted by atomic mass is 16.2. The number of fused-ring (bicyclic) bond motifs is 4. The van der Waals surface area contributed by atoms with Gasteiger partial charge in [0.25, 0.3) is 11.8 Å². The number of benzene rings is 7. The number of anilines is 1. The number of carbonyl (C=O) groups is 2. The van der Waals surface area contributed by atoms with Crippen molar-refractivity contribution >= 4 is 39.3 Å². The Bertz CT molecular complexity index is 2990. The van der Waals surface area contributed by atoms with E-state index in [-0.39, 0.29) is 11.1 Å². The number of aromatic nitrogens is 1. The fourth-order valence-corrected chi connectivity index (χ4v) is 7.69. The third-order valence-electron chi connectivity index (χ3n) is 10.2. The summed E-state index contributed by atoms with van der Waals surface area (Å²) < 4.78 is 1.97. The summed E-state index contributed by atoms with van der Waals surface area (Å²) in [6.45, 7) is 0. The second-order valence-corrected chi connectivity index (χ2v) is 13.4. The SMILES string of the molecule is N#Cc1cc(C#N)cc(-c2ccc3c4ccc(-c5cc(C#N)cc(C#N)c5)cc4n(-c4cccc5c4C(=O)N(c4ccccc4-c4ccccc4)C5=O)c3c2)c1. The number of carbonyl (C=O) groups excluding carboxylic acids is 2. The zero-order chi connectivity index (χ0) is 38.5. The summed E-state index contributed by atoms with van der Waals surface area (Å²) in [5.74, 6) is -0.904. The molecular formula is C48H24N6O2. The molecule has 0 bridgehead atoms. The molecular weight excluding hydrogens is 693 g/mol. The molecule has 9 rings (SSSR count). The van der Waals surface area contributed by atoms with Crippen molar-refractivity contribution in [3.63, 3.8) is 0 Å². The first-order valence-corrected chi connectivity index (χ1v) is 17.6. The zero-order valence-corrected chi connectivity index (χ0v) is 29.4. The predicted octanol–water partition coefficient (Wildman–Crippen LogP) is 10.1. The third-order valence-corrected chi connectivity index (χ3v) is 10.2. The minimum Gasteiger partial charge on any atom is -0.308 e. The third kappa shape index (κ3) is 5.27. The van der Waals surface area contributed by atoms with Crippen LogP contribution in [0.15, 0.2) is 146 Å². The van der Waals surface area contributed by atoms with E-state index in [1.54, 1.807) is 48.5 Å². The Labute approximate surface area is 320 Å². The minimum absolute atomic E-state index is 0.242. The van der Waals surface area contributed by atoms with E-state index in [1.807, 2.05) is 89.5 Å². The molecule has 1 aliphatic rings. The van der Waals surface area contributed by atoms with E-state index in [1.165, 1.54) is 17.0 Å². The standard InChI is InChI=1S/C48H24N6O2/c49-25-29-17-30(26-50)20-36(19-29)34-13-15-39-40-16-14-35(37-21-31(27-51)18-32(22-37)28-52)24-45(40)53(44(39)23-34)43-12-6-10-41-46(43)48(56)54(47(41)55)42-11-5-4-9-38(42)33-7-2-1-3-8-33/h1-24H. The van der Waals surface area contributed by atoms with Gasteiger partial charge in [0, 0.05) is 16.3 Å². The van der Waals surface area contributed by atoms with Gasteiger partial charge >= 0.3 is 0 Å². The molecule has 0 spiro atoms. The molecule has 2 amide bonds. The maximum absolute atomic E-state index is 14.8. The summed E-state index contributed by atoms with van der Waals surface area (Å²) in [6.07, 6.45) is 0. The lowest BCUT2D eigenvalue weighted by Crippen LogP contribution is -2.30. The van der Waals surface area contributed by atoms with Crippen LogP contribution in [-0.4, -0.2) is 16.4 Å². The molecule has 0 atom stereocenters. The first-order valence-electron chi connectivity index (χ1n) is 17.6. The van der Waals surface area contributed by atoms with Gasteiger partial charge in [-0.1, -0.05) is 78.9 Å². The monoisotopic (exact) mass is 716 g/mol. The van der Waals surface area contributed by atoms with Crippen LogP contribution in [0.1, 0.15) is 43.0 Å². The van der Waals surface area contributed by atoms with Crippen LogP contribution in [0.4, 0.5) is 5.69 Å². The van der Waals surface area contributed by atoms with Crippen LogP contribution in [0.2, 0.25) is 0 Å². The Kier molecular flexibility index (Phi) is 7.81. The van der Waals surface area contributed by atoms with Gasteiger partial charge in [0.1, 0.15) is 0 Å². The predicted molar refractivity (Wildman–Crippen MR) is 214 cm³/mol. The van der Waals surface area contributed by atoms with Gasteiger partial charge in [-0.2, -0.15) is 21.0 Å². The zero-order valence-electron chi connectivity index (χ0n) is 29.4. The van der Waals surface area contributed by atoms with Gasteiger partial charge in [-0.3, -0.25) is 9.59 Å². The van der Waals surface area contributed by atoms with Crippen LogP contribution >= 0.6 is 0 Å². The Morgan fingerprint density at radius 2 is 0.875 bits per heavy atom. The number of nitriles is 4. The Morgan fingerprint density at radius 3 is 1.41 bits per heavy atom. The Morgan fingerprint density at radius 1 is 0.393 bits per heavy atom. The molecule has 0 saturated carbocycles. The van der Waals surface area contributed by atoms with E-state index in [9.17, 15) is 30.6 Å². The molecule has 258 valence electrons. The topological polar surface area (TPSA) is 137 Å². The first kappa shape index (κ1) is 33.3. The molecule has 56 heavy (non-hydrogen) atoms. The van der Waals surface area contributed by atoms with Crippen molar-refractivity contribution in [2.24, 2.45) is 0 Å². The van der Waals surface area contributed by atoms with Gasteiger partial charge in [0.15, 0.2) is 0 Å². The van der Waals surface area contributed by atoms with Gasteiger partial charge < -0.3 is 4.57 Å². The molecule has 2 heterocycles. The van der Waals surface area contributed by atoms with Gasteiger partial charge in [0.2, 0.25) is 0 Å². The first-order chi connectivity index (χ1) is 27.4. The van der Waals surface area contributed by atoms with Crippen molar-refractivity contribution in [3.05, 3.63) is 179 Å². The van der Waals surface area contributed by atoms with E-state index in [0.717, 1.165) is 44.1 Å². The quantitative estimate of drug-likeness (QED) is 0.163. The van der Waals surface area contributed by atoms with E-state index < -0.39 is 11.8 Å². The highest BCUT2D eigenvalue weighted by Gasteiger charge is 2.40. The fraction of sp³-hybridized carbons (Fsp3) is 0. The highest BCUT2D eigenvalue weighted by molar-refractivity contribution is 6.36. The van der Waals surface area contributed by atoms with Crippen LogP contribution in [0.5, 0.6) is 0 Å².